The molecule has 0 bridgehead atoms. The summed E-state index contributed by atoms with van der Waals surface area (Å²) in [5, 5.41) is 9.58. The van der Waals surface area contributed by atoms with Crippen molar-refractivity contribution < 1.29 is 9.84 Å². The summed E-state index contributed by atoms with van der Waals surface area (Å²) in [6.45, 7) is 3.04. The van der Waals surface area contributed by atoms with Crippen molar-refractivity contribution in [1.29, 1.82) is 0 Å². The Morgan fingerprint density at radius 2 is 2.00 bits per heavy atom. The fraction of sp³-hybridized carbons (Fsp3) is 0.500. The monoisotopic (exact) mass is 354 g/mol. The van der Waals surface area contributed by atoms with Crippen LogP contribution in [-0.4, -0.2) is 54.5 Å². The van der Waals surface area contributed by atoms with Crippen LogP contribution in [0.15, 0.2) is 36.7 Å². The Bertz CT molecular complexity index is 754. The third-order valence-corrected chi connectivity index (χ3v) is 5.61. The second kappa shape index (κ2) is 7.50. The molecule has 6 nitrogen and oxygen atoms in total. The molecule has 6 heteroatoms. The minimum absolute atomic E-state index is 0.178. The van der Waals surface area contributed by atoms with Crippen LogP contribution in [0, 0.1) is 0 Å². The lowest BCUT2D eigenvalue weighted by molar-refractivity contribution is 0.266. The van der Waals surface area contributed by atoms with Gasteiger partial charge in [-0.15, -0.1) is 0 Å². The van der Waals surface area contributed by atoms with Gasteiger partial charge in [-0.25, -0.2) is 9.97 Å². The van der Waals surface area contributed by atoms with Crippen molar-refractivity contribution in [2.24, 2.45) is 0 Å². The first-order valence-electron chi connectivity index (χ1n) is 9.37. The van der Waals surface area contributed by atoms with E-state index < -0.39 is 0 Å². The molecule has 3 heterocycles. The van der Waals surface area contributed by atoms with Crippen LogP contribution >= 0.6 is 0 Å². The summed E-state index contributed by atoms with van der Waals surface area (Å²) >= 11 is 0. The first-order valence-corrected chi connectivity index (χ1v) is 9.37. The van der Waals surface area contributed by atoms with Crippen LogP contribution in [0.25, 0.3) is 0 Å². The summed E-state index contributed by atoms with van der Waals surface area (Å²) in [5.74, 6) is 3.30. The van der Waals surface area contributed by atoms with Gasteiger partial charge in [-0.2, -0.15) is 0 Å². The molecular weight excluding hydrogens is 328 g/mol. The van der Waals surface area contributed by atoms with Gasteiger partial charge in [0, 0.05) is 31.6 Å². The van der Waals surface area contributed by atoms with Crippen molar-refractivity contribution in [1.82, 2.24) is 9.97 Å². The highest BCUT2D eigenvalue weighted by Crippen LogP contribution is 2.35. The van der Waals surface area contributed by atoms with Gasteiger partial charge in [-0.1, -0.05) is 18.2 Å². The lowest BCUT2D eigenvalue weighted by Gasteiger charge is -2.25. The van der Waals surface area contributed by atoms with Crippen LogP contribution in [-0.2, 0) is 0 Å². The van der Waals surface area contributed by atoms with Gasteiger partial charge in [-0.05, 0) is 30.9 Å². The standard InChI is InChI=1S/C20H26N4O2/c1-26-18-7-3-2-6-17(18)15-8-10-23(12-15)19-11-20(22-14-21-19)24-9-4-5-16(24)13-25/h2-3,6-7,11,14-16,25H,4-5,8-10,12-13H2,1H3. The van der Waals surface area contributed by atoms with Crippen LogP contribution in [0.3, 0.4) is 0 Å². The zero-order chi connectivity index (χ0) is 17.9. The number of benzene rings is 1. The Balaban J connectivity index is 1.51. The number of para-hydroxylation sites is 1. The van der Waals surface area contributed by atoms with Gasteiger partial charge >= 0.3 is 0 Å². The number of aliphatic hydroxyl groups is 1. The van der Waals surface area contributed by atoms with Crippen LogP contribution < -0.4 is 14.5 Å². The number of ether oxygens (including phenoxy) is 1. The maximum absolute atomic E-state index is 9.58. The number of hydrogen-bond acceptors (Lipinski definition) is 6. The molecule has 2 aliphatic rings. The average molecular weight is 354 g/mol. The van der Waals surface area contributed by atoms with Crippen molar-refractivity contribution in [2.75, 3.05) is 43.2 Å². The molecule has 0 radical (unpaired) electrons. The zero-order valence-corrected chi connectivity index (χ0v) is 15.2. The highest BCUT2D eigenvalue weighted by molar-refractivity contribution is 5.53. The van der Waals surface area contributed by atoms with E-state index in [4.69, 9.17) is 4.74 Å². The highest BCUT2D eigenvalue weighted by atomic mass is 16.5. The summed E-state index contributed by atoms with van der Waals surface area (Å²) < 4.78 is 5.53. The molecule has 2 fully saturated rings. The fourth-order valence-corrected chi connectivity index (χ4v) is 4.22. The van der Waals surface area contributed by atoms with Crippen LogP contribution in [0.4, 0.5) is 11.6 Å². The zero-order valence-electron chi connectivity index (χ0n) is 15.2. The second-order valence-corrected chi connectivity index (χ2v) is 7.08. The lowest BCUT2D eigenvalue weighted by atomic mass is 9.97. The summed E-state index contributed by atoms with van der Waals surface area (Å²) in [6.07, 6.45) is 4.86. The molecular formula is C20H26N4O2. The van der Waals surface area contributed by atoms with Crippen LogP contribution in [0.1, 0.15) is 30.7 Å². The number of methoxy groups -OCH3 is 1. The third-order valence-electron chi connectivity index (χ3n) is 5.61. The lowest BCUT2D eigenvalue weighted by Crippen LogP contribution is -2.33. The van der Waals surface area contributed by atoms with Gasteiger partial charge in [0.25, 0.3) is 0 Å². The third kappa shape index (κ3) is 3.21. The molecule has 2 saturated heterocycles. The molecule has 1 aromatic heterocycles. The van der Waals surface area contributed by atoms with E-state index in [2.05, 4.69) is 38.0 Å². The molecule has 4 rings (SSSR count). The normalized spacial score (nSPS) is 22.8. The number of aromatic nitrogens is 2. The molecule has 2 unspecified atom stereocenters. The van der Waals surface area contributed by atoms with Gasteiger partial charge in [-0.3, -0.25) is 0 Å². The van der Waals surface area contributed by atoms with E-state index >= 15 is 0 Å². The van der Waals surface area contributed by atoms with E-state index in [-0.39, 0.29) is 12.6 Å². The predicted octanol–water partition coefficient (Wildman–Crippen LogP) is 2.44. The topological polar surface area (TPSA) is 61.7 Å². The van der Waals surface area contributed by atoms with Crippen molar-refractivity contribution >= 4 is 11.6 Å². The van der Waals surface area contributed by atoms with Gasteiger partial charge in [0.2, 0.25) is 0 Å². The minimum Gasteiger partial charge on any atom is -0.496 e. The van der Waals surface area contributed by atoms with E-state index in [0.29, 0.717) is 5.92 Å². The molecule has 138 valence electrons. The Hall–Kier alpha value is -2.34. The first-order chi connectivity index (χ1) is 12.8. The molecule has 0 amide bonds. The summed E-state index contributed by atoms with van der Waals surface area (Å²) in [5.41, 5.74) is 1.27. The summed E-state index contributed by atoms with van der Waals surface area (Å²) in [7, 11) is 1.73. The van der Waals surface area contributed by atoms with Gasteiger partial charge < -0.3 is 19.6 Å². The Morgan fingerprint density at radius 3 is 2.85 bits per heavy atom. The predicted molar refractivity (Wildman–Crippen MR) is 102 cm³/mol. The molecule has 1 N–H and O–H groups in total. The van der Waals surface area contributed by atoms with Gasteiger partial charge in [0.15, 0.2) is 0 Å². The number of anilines is 2. The van der Waals surface area contributed by atoms with Crippen LogP contribution in [0.2, 0.25) is 0 Å². The fourth-order valence-electron chi connectivity index (χ4n) is 4.22. The molecule has 2 atom stereocenters. The SMILES string of the molecule is COc1ccccc1C1CCN(c2cc(N3CCCC3CO)ncn2)C1. The largest absolute Gasteiger partial charge is 0.496 e. The maximum atomic E-state index is 9.58. The number of aliphatic hydroxyl groups excluding tert-OH is 1. The van der Waals surface area contributed by atoms with E-state index in [0.717, 1.165) is 56.3 Å². The molecule has 1 aromatic carbocycles. The molecule has 0 aliphatic carbocycles. The molecule has 0 spiro atoms. The molecule has 2 aromatic rings. The molecule has 2 aliphatic heterocycles. The van der Waals surface area contributed by atoms with Crippen molar-refractivity contribution in [2.45, 2.75) is 31.2 Å². The highest BCUT2D eigenvalue weighted by Gasteiger charge is 2.29. The Kier molecular flexibility index (Phi) is 4.93. The smallest absolute Gasteiger partial charge is 0.134 e. The van der Waals surface area contributed by atoms with Crippen molar-refractivity contribution in [3.05, 3.63) is 42.2 Å². The van der Waals surface area contributed by atoms with Crippen LogP contribution in [0.5, 0.6) is 5.75 Å². The average Bonchev–Trinajstić information content (AvgIpc) is 3.37. The van der Waals surface area contributed by atoms with E-state index in [1.807, 2.05) is 12.1 Å². The number of nitrogens with zero attached hydrogens (tertiary/aromatic N) is 4. The second-order valence-electron chi connectivity index (χ2n) is 7.08. The van der Waals surface area contributed by atoms with E-state index in [1.165, 1.54) is 5.56 Å². The van der Waals surface area contributed by atoms with Gasteiger partial charge in [0.1, 0.15) is 23.7 Å². The quantitative estimate of drug-likeness (QED) is 0.890. The first kappa shape index (κ1) is 17.1. The number of hydrogen-bond donors (Lipinski definition) is 1. The molecule has 26 heavy (non-hydrogen) atoms. The summed E-state index contributed by atoms with van der Waals surface area (Å²) in [4.78, 5) is 13.5. The van der Waals surface area contributed by atoms with Gasteiger partial charge in [0.05, 0.1) is 19.8 Å². The summed E-state index contributed by atoms with van der Waals surface area (Å²) in [6, 6.07) is 10.5. The minimum atomic E-state index is 0.178. The Labute approximate surface area is 154 Å². The van der Waals surface area contributed by atoms with Crippen molar-refractivity contribution in [3.63, 3.8) is 0 Å². The maximum Gasteiger partial charge on any atom is 0.134 e. The Morgan fingerprint density at radius 1 is 1.15 bits per heavy atom. The van der Waals surface area contributed by atoms with E-state index in [1.54, 1.807) is 13.4 Å². The molecule has 0 saturated carbocycles. The van der Waals surface area contributed by atoms with Crippen molar-refractivity contribution in [3.8, 4) is 5.75 Å². The van der Waals surface area contributed by atoms with E-state index in [9.17, 15) is 5.11 Å². The number of rotatable bonds is 5.